The minimum atomic E-state index is -0.398. The Morgan fingerprint density at radius 3 is 2.55 bits per heavy atom. The fourth-order valence-corrected chi connectivity index (χ4v) is 3.14. The van der Waals surface area contributed by atoms with E-state index >= 15 is 0 Å². The van der Waals surface area contributed by atoms with Gasteiger partial charge in [-0.15, -0.1) is 0 Å². The summed E-state index contributed by atoms with van der Waals surface area (Å²) in [6, 6.07) is 9.18. The Hall–Kier alpha value is -3.35. The van der Waals surface area contributed by atoms with Gasteiger partial charge in [-0.25, -0.2) is 14.2 Å². The Morgan fingerprint density at radius 2 is 1.97 bits per heavy atom. The summed E-state index contributed by atoms with van der Waals surface area (Å²) in [5.74, 6) is 0.228. The Labute approximate surface area is 169 Å². The molecule has 0 aliphatic carbocycles. The Kier molecular flexibility index (Phi) is 6.49. The van der Waals surface area contributed by atoms with E-state index in [0.29, 0.717) is 43.0 Å². The average molecular weight is 394 g/mol. The summed E-state index contributed by atoms with van der Waals surface area (Å²) >= 11 is 0. The lowest BCUT2D eigenvalue weighted by atomic mass is 9.92. The molecule has 1 saturated heterocycles. The molecule has 0 radical (unpaired) electrons. The number of carbonyl (C=O) groups excluding carboxylic acids is 1. The normalized spacial score (nSPS) is 15.1. The number of aliphatic imine (C=N–C) groups is 1. The van der Waals surface area contributed by atoms with E-state index in [4.69, 9.17) is 10.1 Å². The van der Waals surface area contributed by atoms with E-state index in [0.717, 1.165) is 5.69 Å². The van der Waals surface area contributed by atoms with Gasteiger partial charge in [0, 0.05) is 36.0 Å². The highest BCUT2D eigenvalue weighted by molar-refractivity contribution is 6.09. The molecule has 1 aromatic heterocycles. The van der Waals surface area contributed by atoms with E-state index in [1.54, 1.807) is 23.1 Å². The average Bonchev–Trinajstić information content (AvgIpc) is 2.74. The molecule has 0 bridgehead atoms. The van der Waals surface area contributed by atoms with Gasteiger partial charge in [0.05, 0.1) is 6.20 Å². The smallest absolute Gasteiger partial charge is 0.409 e. The number of aromatic nitrogens is 1. The van der Waals surface area contributed by atoms with Crippen molar-refractivity contribution in [2.45, 2.75) is 19.8 Å². The number of hydrogen-bond acceptors (Lipinski definition) is 4. The number of amidine groups is 1. The van der Waals surface area contributed by atoms with Crippen LogP contribution in [0.1, 0.15) is 24.1 Å². The van der Waals surface area contributed by atoms with Crippen LogP contribution in [0.3, 0.4) is 0 Å². The molecule has 1 aliphatic rings. The molecule has 0 spiro atoms. The van der Waals surface area contributed by atoms with Gasteiger partial charge in [-0.2, -0.15) is 0 Å². The number of aryl methyl sites for hydroxylation is 1. The van der Waals surface area contributed by atoms with Crippen molar-refractivity contribution in [3.8, 4) is 5.75 Å². The van der Waals surface area contributed by atoms with Crippen molar-refractivity contribution >= 4 is 17.6 Å². The number of ether oxygens (including phenoxy) is 1. The lowest BCUT2D eigenvalue weighted by Crippen LogP contribution is -2.41. The number of allylic oxidation sites excluding steroid dienone is 1. The minimum absolute atomic E-state index is 0.0635. The molecule has 1 aromatic carbocycles. The standard InChI is InChI=1S/C22H23FN4O2/c1-3-20(26-21(24)17-5-7-18(23)8-6-17)16-10-12-27(13-11-16)22(28)29-19-9-4-15(2)25-14-19/h3-9,14,16,24H,1,10-13H2,2H3. The third-order valence-corrected chi connectivity index (χ3v) is 4.83. The van der Waals surface area contributed by atoms with Gasteiger partial charge in [-0.05, 0) is 62.2 Å². The minimum Gasteiger partial charge on any atom is -0.409 e. The molecule has 1 N–H and O–H groups in total. The molecule has 6 nitrogen and oxygen atoms in total. The predicted octanol–water partition coefficient (Wildman–Crippen LogP) is 4.39. The number of rotatable bonds is 4. The second-order valence-corrected chi connectivity index (χ2v) is 6.86. The zero-order valence-corrected chi connectivity index (χ0v) is 16.3. The van der Waals surface area contributed by atoms with Crippen LogP contribution < -0.4 is 4.74 Å². The second-order valence-electron chi connectivity index (χ2n) is 6.86. The Balaban J connectivity index is 1.58. The van der Waals surface area contributed by atoms with Gasteiger partial charge < -0.3 is 9.64 Å². The van der Waals surface area contributed by atoms with Crippen LogP contribution in [0.25, 0.3) is 0 Å². The molecule has 150 valence electrons. The molecular formula is C22H23FN4O2. The molecule has 0 saturated carbocycles. The van der Waals surface area contributed by atoms with Gasteiger partial charge >= 0.3 is 6.09 Å². The highest BCUT2D eigenvalue weighted by Crippen LogP contribution is 2.21. The largest absolute Gasteiger partial charge is 0.415 e. The van der Waals surface area contributed by atoms with Crippen LogP contribution in [0.2, 0.25) is 0 Å². The summed E-state index contributed by atoms with van der Waals surface area (Å²) in [7, 11) is 0. The fraction of sp³-hybridized carbons (Fsp3) is 0.273. The first-order chi connectivity index (χ1) is 14.0. The highest BCUT2D eigenvalue weighted by atomic mass is 19.1. The first-order valence-electron chi connectivity index (χ1n) is 9.41. The molecule has 29 heavy (non-hydrogen) atoms. The fourth-order valence-electron chi connectivity index (χ4n) is 3.14. The number of hydrogen-bond donors (Lipinski definition) is 1. The van der Waals surface area contributed by atoms with Crippen LogP contribution in [0, 0.1) is 24.1 Å². The first kappa shape index (κ1) is 20.4. The number of nitrogens with one attached hydrogen (secondary N) is 1. The predicted molar refractivity (Wildman–Crippen MR) is 110 cm³/mol. The van der Waals surface area contributed by atoms with E-state index in [-0.39, 0.29) is 17.6 Å². The highest BCUT2D eigenvalue weighted by Gasteiger charge is 2.26. The summed E-state index contributed by atoms with van der Waals surface area (Å²) < 4.78 is 18.4. The number of pyridine rings is 1. The van der Waals surface area contributed by atoms with Crippen LogP contribution >= 0.6 is 0 Å². The summed E-state index contributed by atoms with van der Waals surface area (Å²) in [4.78, 5) is 22.5. The summed E-state index contributed by atoms with van der Waals surface area (Å²) in [6.07, 6.45) is 4.18. The molecule has 1 amide bonds. The number of likely N-dealkylation sites (tertiary alicyclic amines) is 1. The molecule has 1 fully saturated rings. The van der Waals surface area contributed by atoms with Crippen molar-refractivity contribution in [3.05, 3.63) is 72.3 Å². The van der Waals surface area contributed by atoms with E-state index in [9.17, 15) is 9.18 Å². The van der Waals surface area contributed by atoms with E-state index in [2.05, 4.69) is 16.6 Å². The van der Waals surface area contributed by atoms with E-state index in [1.165, 1.54) is 30.5 Å². The molecular weight excluding hydrogens is 371 g/mol. The van der Waals surface area contributed by atoms with Crippen molar-refractivity contribution in [1.82, 2.24) is 9.88 Å². The lowest BCUT2D eigenvalue weighted by Gasteiger charge is -2.31. The molecule has 7 heteroatoms. The van der Waals surface area contributed by atoms with Crippen molar-refractivity contribution < 1.29 is 13.9 Å². The maximum absolute atomic E-state index is 13.1. The zero-order valence-electron chi connectivity index (χ0n) is 16.3. The summed E-state index contributed by atoms with van der Waals surface area (Å²) in [6.45, 7) is 6.74. The zero-order chi connectivity index (χ0) is 20.8. The second kappa shape index (κ2) is 9.23. The maximum Gasteiger partial charge on any atom is 0.415 e. The summed E-state index contributed by atoms with van der Waals surface area (Å²) in [5, 5.41) is 8.15. The van der Waals surface area contributed by atoms with Gasteiger partial charge in [0.1, 0.15) is 5.82 Å². The van der Waals surface area contributed by atoms with Gasteiger partial charge in [-0.1, -0.05) is 6.58 Å². The maximum atomic E-state index is 13.1. The summed E-state index contributed by atoms with van der Waals surface area (Å²) in [5.41, 5.74) is 2.10. The number of amides is 1. The number of carbonyl (C=O) groups is 1. The number of piperidine rings is 1. The van der Waals surface area contributed by atoms with Crippen LogP contribution in [-0.4, -0.2) is 40.6 Å². The quantitative estimate of drug-likeness (QED) is 0.617. The molecule has 1 aliphatic heterocycles. The molecule has 3 rings (SSSR count). The van der Waals surface area contributed by atoms with Crippen molar-refractivity contribution in [2.24, 2.45) is 10.9 Å². The first-order valence-corrected chi connectivity index (χ1v) is 9.41. The molecule has 0 atom stereocenters. The number of benzene rings is 1. The van der Waals surface area contributed by atoms with Crippen molar-refractivity contribution in [1.29, 1.82) is 5.41 Å². The lowest BCUT2D eigenvalue weighted by molar-refractivity contribution is 0.138. The molecule has 2 aromatic rings. The van der Waals surface area contributed by atoms with Gasteiger partial charge in [0.25, 0.3) is 0 Å². The SMILES string of the molecule is C=CC(=NC(=N)c1ccc(F)cc1)C1CCN(C(=O)Oc2ccc(C)nc2)CC1. The van der Waals surface area contributed by atoms with E-state index < -0.39 is 6.09 Å². The van der Waals surface area contributed by atoms with E-state index in [1.807, 2.05) is 6.92 Å². The van der Waals surface area contributed by atoms with Crippen LogP contribution in [0.15, 0.2) is 60.2 Å². The van der Waals surface area contributed by atoms with Crippen LogP contribution in [0.4, 0.5) is 9.18 Å². The third-order valence-electron chi connectivity index (χ3n) is 4.83. The molecule has 0 unspecified atom stereocenters. The Morgan fingerprint density at radius 1 is 1.28 bits per heavy atom. The third kappa shape index (κ3) is 5.34. The van der Waals surface area contributed by atoms with Crippen molar-refractivity contribution in [3.63, 3.8) is 0 Å². The number of halogens is 1. The number of nitrogens with zero attached hydrogens (tertiary/aromatic N) is 3. The van der Waals surface area contributed by atoms with Crippen molar-refractivity contribution in [2.75, 3.05) is 13.1 Å². The van der Waals surface area contributed by atoms with Crippen LogP contribution in [0.5, 0.6) is 5.75 Å². The monoisotopic (exact) mass is 394 g/mol. The van der Waals surface area contributed by atoms with Gasteiger partial charge in [0.15, 0.2) is 11.6 Å². The van der Waals surface area contributed by atoms with Crippen LogP contribution in [-0.2, 0) is 0 Å². The molecule has 2 heterocycles. The topological polar surface area (TPSA) is 78.6 Å². The Bertz CT molecular complexity index is 915. The van der Waals surface area contributed by atoms with Gasteiger partial charge in [0.2, 0.25) is 0 Å². The van der Waals surface area contributed by atoms with Gasteiger partial charge in [-0.3, -0.25) is 10.4 Å².